The number of allylic oxidation sites excluding steroid dienone is 2. The van der Waals surface area contributed by atoms with Crippen LogP contribution in [0.1, 0.15) is 81.2 Å². The van der Waals surface area contributed by atoms with E-state index >= 15 is 0 Å². The molecular formula is C32H31MgN4O3-. The zero-order valence-corrected chi connectivity index (χ0v) is 25.3. The molecule has 3 aromatic heterocycles. The number of ketones is 1. The Balaban J connectivity index is 0.00000323. The molecule has 3 aliphatic rings. The van der Waals surface area contributed by atoms with Gasteiger partial charge in [0.05, 0.1) is 7.11 Å². The van der Waals surface area contributed by atoms with E-state index in [0.717, 1.165) is 67.7 Å². The molecule has 0 aromatic carbocycles. The second-order valence-corrected chi connectivity index (χ2v) is 10.6. The minimum absolute atomic E-state index is 0. The van der Waals surface area contributed by atoms with E-state index in [2.05, 4.69) is 45.7 Å². The molecule has 2 atom stereocenters. The van der Waals surface area contributed by atoms with Gasteiger partial charge in [-0.1, -0.05) is 67.0 Å². The molecule has 7 nitrogen and oxygen atoms in total. The van der Waals surface area contributed by atoms with E-state index in [4.69, 9.17) is 19.7 Å². The molecule has 0 spiro atoms. The fourth-order valence-electron chi connectivity index (χ4n) is 6.25. The topological polar surface area (TPSA) is 97.7 Å². The molecule has 0 saturated carbocycles. The van der Waals surface area contributed by atoms with Crippen LogP contribution in [0.4, 0.5) is 0 Å². The number of fused-ring (bicyclic) bond motifs is 7. The number of hydrogen-bond acceptors (Lipinski definition) is 4. The van der Waals surface area contributed by atoms with Crippen LogP contribution in [0.15, 0.2) is 18.0 Å². The van der Waals surface area contributed by atoms with Gasteiger partial charge in [-0.25, -0.2) is 0 Å². The molecule has 1 aliphatic carbocycles. The Hall–Kier alpha value is -3.49. The molecule has 40 heavy (non-hydrogen) atoms. The number of esters is 1. The first-order valence-electron chi connectivity index (χ1n) is 13.3. The predicted molar refractivity (Wildman–Crippen MR) is 157 cm³/mol. The molecule has 1 fully saturated rings. The van der Waals surface area contributed by atoms with Gasteiger partial charge in [0.2, 0.25) is 0 Å². The predicted octanol–water partition coefficient (Wildman–Crippen LogP) is 2.65. The summed E-state index contributed by atoms with van der Waals surface area (Å²) in [5.41, 5.74) is 10.9. The molecule has 0 radical (unpaired) electrons. The van der Waals surface area contributed by atoms with Crippen molar-refractivity contribution in [1.29, 1.82) is 0 Å². The average Bonchev–Trinajstić information content (AvgIpc) is 3.66. The van der Waals surface area contributed by atoms with Crippen LogP contribution < -0.4 is 31.0 Å². The van der Waals surface area contributed by atoms with Crippen molar-refractivity contribution in [2.75, 3.05) is 7.11 Å². The van der Waals surface area contributed by atoms with Crippen molar-refractivity contribution in [2.45, 2.75) is 47.5 Å². The summed E-state index contributed by atoms with van der Waals surface area (Å²) in [6, 6.07) is 0. The second-order valence-electron chi connectivity index (χ2n) is 10.6. The largest absolute Gasteiger partial charge is 2.00 e. The fourth-order valence-corrected chi connectivity index (χ4v) is 6.25. The summed E-state index contributed by atoms with van der Waals surface area (Å²) in [7, 11) is 1.32. The number of nitrogens with zero attached hydrogens (tertiary/aromatic N) is 3. The van der Waals surface area contributed by atoms with Gasteiger partial charge < -0.3 is 25.0 Å². The van der Waals surface area contributed by atoms with Gasteiger partial charge in [-0.05, 0) is 44.7 Å². The van der Waals surface area contributed by atoms with Crippen molar-refractivity contribution >= 4 is 64.7 Å². The monoisotopic (exact) mass is 543 g/mol. The Morgan fingerprint density at radius 1 is 1.05 bits per heavy atom. The van der Waals surface area contributed by atoms with E-state index in [1.165, 1.54) is 7.11 Å². The van der Waals surface area contributed by atoms with Crippen molar-refractivity contribution < 1.29 is 14.3 Å². The fraction of sp³-hybridized carbons (Fsp3) is 0.312. The molecule has 1 saturated heterocycles. The molecule has 3 aromatic rings. The van der Waals surface area contributed by atoms with Crippen molar-refractivity contribution in [3.63, 3.8) is 0 Å². The van der Waals surface area contributed by atoms with Gasteiger partial charge in [-0.15, -0.1) is 33.5 Å². The maximum absolute atomic E-state index is 13.7. The molecule has 0 unspecified atom stereocenters. The van der Waals surface area contributed by atoms with Crippen LogP contribution in [0.2, 0.25) is 0 Å². The van der Waals surface area contributed by atoms with E-state index in [-0.39, 0.29) is 34.8 Å². The Labute approximate surface area is 249 Å². The molecule has 6 rings (SSSR count). The van der Waals surface area contributed by atoms with Crippen LogP contribution in [0.3, 0.4) is 0 Å². The van der Waals surface area contributed by atoms with E-state index in [1.54, 1.807) is 0 Å². The second kappa shape index (κ2) is 10.2. The third kappa shape index (κ3) is 3.99. The number of carbonyl (C=O) groups is 2. The summed E-state index contributed by atoms with van der Waals surface area (Å²) in [5.74, 6) is -1.73. The number of methoxy groups -OCH3 is 1. The van der Waals surface area contributed by atoms with Gasteiger partial charge in [-0.2, -0.15) is 0 Å². The van der Waals surface area contributed by atoms with Gasteiger partial charge in [0.25, 0.3) is 0 Å². The summed E-state index contributed by atoms with van der Waals surface area (Å²) in [6.45, 7) is 14.3. The maximum Gasteiger partial charge on any atom is 2.00 e. The van der Waals surface area contributed by atoms with Crippen LogP contribution in [0, 0.1) is 32.6 Å². The zero-order chi connectivity index (χ0) is 27.7. The summed E-state index contributed by atoms with van der Waals surface area (Å²) < 4.78 is 5.09. The van der Waals surface area contributed by atoms with Crippen molar-refractivity contribution in [3.05, 3.63) is 84.8 Å². The Bertz CT molecular complexity index is 1790. The van der Waals surface area contributed by atoms with Crippen LogP contribution in [0.5, 0.6) is 0 Å². The van der Waals surface area contributed by atoms with Gasteiger partial charge in [0, 0.05) is 22.9 Å². The van der Waals surface area contributed by atoms with Crippen LogP contribution in [-0.2, 0) is 16.0 Å². The summed E-state index contributed by atoms with van der Waals surface area (Å²) in [4.78, 5) is 41.6. The van der Waals surface area contributed by atoms with Gasteiger partial charge in [-0.3, -0.25) is 9.59 Å². The molecule has 200 valence electrons. The van der Waals surface area contributed by atoms with Gasteiger partial charge >= 0.3 is 29.0 Å². The number of carbonyl (C=O) groups excluding carboxylic acids is 2. The third-order valence-electron chi connectivity index (χ3n) is 8.47. The maximum atomic E-state index is 13.7. The Morgan fingerprint density at radius 2 is 1.75 bits per heavy atom. The minimum atomic E-state index is -1.03. The van der Waals surface area contributed by atoms with E-state index in [9.17, 15) is 9.59 Å². The molecule has 2 aliphatic heterocycles. The smallest absolute Gasteiger partial charge is 0.657 e. The number of aromatic nitrogens is 3. The number of nitrogens with one attached hydrogen (secondary N) is 1. The average molecular weight is 544 g/mol. The number of ether oxygens (including phenoxy) is 1. The summed E-state index contributed by atoms with van der Waals surface area (Å²) in [6.07, 6.45) is 9.36. The molecule has 0 amide bonds. The normalized spacial score (nSPS) is 23.8. The van der Waals surface area contributed by atoms with E-state index in [0.29, 0.717) is 28.9 Å². The summed E-state index contributed by atoms with van der Waals surface area (Å²) in [5, 5.41) is 5.23. The standard InChI is InChI=1S/C32H32N4O3.Mg/c1-8-18-15(4)21-11-20-14(3)10-26(33-20)28-29(32(38)39-7)31(37)27-17(6)23(36-30(27)28)13-25-19(9-2)16(5)22(35-25)12-24(18)34-21;/h8,11-14,29H,1,9-10H2,2-7H3,(H2,33,36,37);/q-2;+2/p-1/b20-11-,22-12-,25-13-;/t14-,29+;/m0./s1. The van der Waals surface area contributed by atoms with Crippen molar-refractivity contribution in [3.8, 4) is 0 Å². The Kier molecular flexibility index (Phi) is 7.12. The molecule has 8 bridgehead atoms. The SMILES string of the molecule is C=Cc1c2[n-]c(c1C)/C=C1\N/C(=C3\c4[n-]c(c(C)c4C(=O)[C@@H]3C(=O)OC)/C=c3\[n-]/c(c(C)c3CC)=C\2)C[C@@H]1C.[Mg+2]. The number of hydrogen-bond donors (Lipinski definition) is 1. The molecular weight excluding hydrogens is 513 g/mol. The van der Waals surface area contributed by atoms with Crippen LogP contribution in [0.25, 0.3) is 29.9 Å². The third-order valence-corrected chi connectivity index (χ3v) is 8.47. The van der Waals surface area contributed by atoms with Gasteiger partial charge in [0.15, 0.2) is 5.78 Å². The van der Waals surface area contributed by atoms with Crippen molar-refractivity contribution in [2.24, 2.45) is 11.8 Å². The number of rotatable bonds is 3. The van der Waals surface area contributed by atoms with E-state index < -0.39 is 11.9 Å². The quantitative estimate of drug-likeness (QED) is 0.308. The minimum Gasteiger partial charge on any atom is -0.657 e. The van der Waals surface area contributed by atoms with E-state index in [1.807, 2.05) is 25.2 Å². The first-order chi connectivity index (χ1) is 18.7. The molecule has 8 heteroatoms. The van der Waals surface area contributed by atoms with Crippen LogP contribution in [-0.4, -0.2) is 41.9 Å². The molecule has 5 heterocycles. The Morgan fingerprint density at radius 3 is 2.42 bits per heavy atom. The first-order valence-corrected chi connectivity index (χ1v) is 13.3. The molecule has 1 N–H and O–H groups in total. The zero-order valence-electron chi connectivity index (χ0n) is 23.9. The first kappa shape index (κ1) is 28.0. The van der Waals surface area contributed by atoms with Gasteiger partial charge in [0.1, 0.15) is 5.92 Å². The van der Waals surface area contributed by atoms with Crippen molar-refractivity contribution in [1.82, 2.24) is 20.3 Å². The summed E-state index contributed by atoms with van der Waals surface area (Å²) >= 11 is 0. The van der Waals surface area contributed by atoms with Crippen LogP contribution >= 0.6 is 0 Å². The number of Topliss-reactive ketones (excluding diaryl/α,β-unsaturated/α-hetero) is 1.